The van der Waals surface area contributed by atoms with E-state index >= 15 is 0 Å². The molecule has 1 aliphatic rings. The molecule has 1 N–H and O–H groups in total. The van der Waals surface area contributed by atoms with Gasteiger partial charge in [0, 0.05) is 43.3 Å². The van der Waals surface area contributed by atoms with E-state index in [9.17, 15) is 4.79 Å². The molecule has 0 bridgehead atoms. The molecule has 1 aliphatic heterocycles. The maximum absolute atomic E-state index is 12.7. The molecule has 2 aromatic heterocycles. The van der Waals surface area contributed by atoms with Gasteiger partial charge in [-0.1, -0.05) is 12.1 Å². The molecule has 3 heterocycles. The van der Waals surface area contributed by atoms with Gasteiger partial charge >= 0.3 is 0 Å². The monoisotopic (exact) mass is 361 g/mol. The first kappa shape index (κ1) is 17.4. The van der Waals surface area contributed by atoms with Gasteiger partial charge in [0.25, 0.3) is 5.91 Å². The van der Waals surface area contributed by atoms with Crippen molar-refractivity contribution < 1.29 is 4.79 Å². The van der Waals surface area contributed by atoms with Crippen LogP contribution in [0.1, 0.15) is 28.9 Å². The molecule has 0 radical (unpaired) electrons. The number of pyridine rings is 1. The lowest BCUT2D eigenvalue weighted by Gasteiger charge is -2.32. The Morgan fingerprint density at radius 1 is 1.15 bits per heavy atom. The molecular weight excluding hydrogens is 338 g/mol. The van der Waals surface area contributed by atoms with Crippen LogP contribution in [0.2, 0.25) is 0 Å². The van der Waals surface area contributed by atoms with Crippen molar-refractivity contribution in [2.45, 2.75) is 25.4 Å². The topological polar surface area (TPSA) is 63.1 Å². The highest BCUT2D eigenvalue weighted by atomic mass is 16.1. The van der Waals surface area contributed by atoms with Gasteiger partial charge in [-0.2, -0.15) is 5.10 Å². The van der Waals surface area contributed by atoms with E-state index in [1.807, 2.05) is 60.9 Å². The van der Waals surface area contributed by atoms with E-state index in [1.54, 1.807) is 10.9 Å². The minimum absolute atomic E-state index is 0.0336. The van der Waals surface area contributed by atoms with Crippen molar-refractivity contribution in [3.63, 3.8) is 0 Å². The van der Waals surface area contributed by atoms with Crippen LogP contribution in [-0.2, 0) is 6.54 Å². The number of benzene rings is 1. The molecule has 0 aliphatic carbocycles. The highest BCUT2D eigenvalue weighted by molar-refractivity contribution is 5.94. The van der Waals surface area contributed by atoms with E-state index in [0.717, 1.165) is 43.9 Å². The van der Waals surface area contributed by atoms with Crippen molar-refractivity contribution in [2.75, 3.05) is 13.1 Å². The van der Waals surface area contributed by atoms with Gasteiger partial charge in [-0.25, -0.2) is 4.68 Å². The number of amides is 1. The number of likely N-dealkylation sites (tertiary alicyclic amines) is 1. The molecule has 1 amide bonds. The van der Waals surface area contributed by atoms with Crippen molar-refractivity contribution in [3.8, 4) is 5.69 Å². The van der Waals surface area contributed by atoms with Crippen molar-refractivity contribution in [1.82, 2.24) is 25.0 Å². The van der Waals surface area contributed by atoms with E-state index in [-0.39, 0.29) is 11.9 Å². The second-order valence-electron chi connectivity index (χ2n) is 6.87. The highest BCUT2D eigenvalue weighted by Gasteiger charge is 2.22. The molecule has 1 atom stereocenters. The number of hydrogen-bond acceptors (Lipinski definition) is 4. The Balaban J connectivity index is 1.38. The normalized spacial score (nSPS) is 17.6. The van der Waals surface area contributed by atoms with E-state index in [2.05, 4.69) is 20.3 Å². The zero-order valence-electron chi connectivity index (χ0n) is 15.2. The van der Waals surface area contributed by atoms with Crippen molar-refractivity contribution >= 4 is 5.91 Å². The van der Waals surface area contributed by atoms with E-state index in [4.69, 9.17) is 0 Å². The molecule has 1 aromatic carbocycles. The fourth-order valence-electron chi connectivity index (χ4n) is 3.52. The molecule has 1 fully saturated rings. The zero-order valence-corrected chi connectivity index (χ0v) is 15.2. The first-order chi connectivity index (χ1) is 13.3. The first-order valence-corrected chi connectivity index (χ1v) is 9.31. The van der Waals surface area contributed by atoms with Crippen LogP contribution < -0.4 is 5.32 Å². The number of nitrogens with one attached hydrogen (secondary N) is 1. The summed E-state index contributed by atoms with van der Waals surface area (Å²) in [4.78, 5) is 19.5. The molecule has 3 aromatic rings. The third-order valence-corrected chi connectivity index (χ3v) is 4.83. The maximum Gasteiger partial charge on any atom is 0.251 e. The smallest absolute Gasteiger partial charge is 0.251 e. The van der Waals surface area contributed by atoms with Crippen LogP contribution in [0.5, 0.6) is 0 Å². The summed E-state index contributed by atoms with van der Waals surface area (Å²) < 4.78 is 1.76. The average molecular weight is 361 g/mol. The molecule has 1 unspecified atom stereocenters. The van der Waals surface area contributed by atoms with Gasteiger partial charge in [-0.15, -0.1) is 0 Å². The van der Waals surface area contributed by atoms with Gasteiger partial charge in [0.2, 0.25) is 0 Å². The first-order valence-electron chi connectivity index (χ1n) is 9.31. The number of piperidine rings is 1. The second kappa shape index (κ2) is 8.14. The average Bonchev–Trinajstić information content (AvgIpc) is 3.24. The third-order valence-electron chi connectivity index (χ3n) is 4.83. The SMILES string of the molecule is O=C(NC1CCCN(Cc2ccccn2)C1)c1cccc(-n2cccn2)c1. The van der Waals surface area contributed by atoms with Gasteiger partial charge in [0.1, 0.15) is 0 Å². The van der Waals surface area contributed by atoms with Gasteiger partial charge in [-0.3, -0.25) is 14.7 Å². The molecule has 0 spiro atoms. The molecule has 27 heavy (non-hydrogen) atoms. The van der Waals surface area contributed by atoms with Crippen molar-refractivity contribution in [3.05, 3.63) is 78.4 Å². The minimum Gasteiger partial charge on any atom is -0.348 e. The second-order valence-corrected chi connectivity index (χ2v) is 6.87. The van der Waals surface area contributed by atoms with Gasteiger partial charge in [0.15, 0.2) is 0 Å². The van der Waals surface area contributed by atoms with Crippen LogP contribution in [0, 0.1) is 0 Å². The van der Waals surface area contributed by atoms with Gasteiger partial charge < -0.3 is 5.32 Å². The lowest BCUT2D eigenvalue weighted by Crippen LogP contribution is -2.47. The molecule has 1 saturated heterocycles. The summed E-state index contributed by atoms with van der Waals surface area (Å²) in [6.45, 7) is 2.71. The van der Waals surface area contributed by atoms with E-state index in [1.165, 1.54) is 0 Å². The fraction of sp³-hybridized carbons (Fsp3) is 0.286. The zero-order chi connectivity index (χ0) is 18.5. The van der Waals surface area contributed by atoms with Crippen LogP contribution >= 0.6 is 0 Å². The quantitative estimate of drug-likeness (QED) is 0.759. The van der Waals surface area contributed by atoms with Crippen LogP contribution in [0.15, 0.2) is 67.1 Å². The van der Waals surface area contributed by atoms with Crippen LogP contribution in [0.25, 0.3) is 5.69 Å². The molecule has 6 heteroatoms. The van der Waals surface area contributed by atoms with Crippen LogP contribution in [0.3, 0.4) is 0 Å². The number of carbonyl (C=O) groups is 1. The number of aromatic nitrogens is 3. The van der Waals surface area contributed by atoms with E-state index in [0.29, 0.717) is 5.56 Å². The maximum atomic E-state index is 12.7. The number of nitrogens with zero attached hydrogens (tertiary/aromatic N) is 4. The Morgan fingerprint density at radius 3 is 2.93 bits per heavy atom. The summed E-state index contributed by atoms with van der Waals surface area (Å²) in [6.07, 6.45) is 7.50. The van der Waals surface area contributed by atoms with Crippen molar-refractivity contribution in [1.29, 1.82) is 0 Å². The lowest BCUT2D eigenvalue weighted by molar-refractivity contribution is 0.0900. The number of rotatable bonds is 5. The standard InChI is InChI=1S/C21H23N5O/c27-21(17-6-3-9-20(14-17)26-13-5-11-23-26)24-19-8-4-12-25(16-19)15-18-7-1-2-10-22-18/h1-3,5-7,9-11,13-14,19H,4,8,12,15-16H2,(H,24,27). The summed E-state index contributed by atoms with van der Waals surface area (Å²) in [6, 6.07) is 15.6. The summed E-state index contributed by atoms with van der Waals surface area (Å²) in [5.41, 5.74) is 2.61. The third kappa shape index (κ3) is 4.41. The molecular formula is C21H23N5O. The van der Waals surface area contributed by atoms with Gasteiger partial charge in [-0.05, 0) is 55.8 Å². The Bertz CT molecular complexity index is 879. The van der Waals surface area contributed by atoms with Crippen LogP contribution in [0.4, 0.5) is 0 Å². The largest absolute Gasteiger partial charge is 0.348 e. The summed E-state index contributed by atoms with van der Waals surface area (Å²) in [5, 5.41) is 7.42. The van der Waals surface area contributed by atoms with E-state index < -0.39 is 0 Å². The summed E-state index contributed by atoms with van der Waals surface area (Å²) in [7, 11) is 0. The Morgan fingerprint density at radius 2 is 2.11 bits per heavy atom. The minimum atomic E-state index is -0.0336. The predicted octanol–water partition coefficient (Wildman–Crippen LogP) is 2.66. The van der Waals surface area contributed by atoms with Gasteiger partial charge in [0.05, 0.1) is 11.4 Å². The Kier molecular flexibility index (Phi) is 5.25. The lowest BCUT2D eigenvalue weighted by atomic mass is 10.0. The Hall–Kier alpha value is -2.99. The highest BCUT2D eigenvalue weighted by Crippen LogP contribution is 2.15. The molecule has 138 valence electrons. The fourth-order valence-corrected chi connectivity index (χ4v) is 3.52. The summed E-state index contributed by atoms with van der Waals surface area (Å²) in [5.74, 6) is -0.0336. The Labute approximate surface area is 158 Å². The van der Waals surface area contributed by atoms with Crippen molar-refractivity contribution in [2.24, 2.45) is 0 Å². The molecule has 6 nitrogen and oxygen atoms in total. The molecule has 4 rings (SSSR count). The number of hydrogen-bond donors (Lipinski definition) is 1. The summed E-state index contributed by atoms with van der Waals surface area (Å²) >= 11 is 0. The molecule has 0 saturated carbocycles. The van der Waals surface area contributed by atoms with Crippen LogP contribution in [-0.4, -0.2) is 44.7 Å². The number of carbonyl (C=O) groups excluding carboxylic acids is 1. The predicted molar refractivity (Wildman–Crippen MR) is 104 cm³/mol.